The van der Waals surface area contributed by atoms with E-state index in [9.17, 15) is 9.59 Å². The number of rotatable bonds is 4. The van der Waals surface area contributed by atoms with Gasteiger partial charge in [0.2, 0.25) is 5.91 Å². The maximum Gasteiger partial charge on any atom is 0.310 e. The second kappa shape index (κ2) is 7.58. The molecule has 0 saturated carbocycles. The molecule has 4 nitrogen and oxygen atoms in total. The van der Waals surface area contributed by atoms with Crippen LogP contribution in [0, 0.1) is 11.8 Å². The molecule has 118 valence electrons. The lowest BCUT2D eigenvalue weighted by Gasteiger charge is -2.26. The number of carbonyl (C=O) groups excluding carboxylic acids is 2. The van der Waals surface area contributed by atoms with Gasteiger partial charge in [0.15, 0.2) is 0 Å². The van der Waals surface area contributed by atoms with Crippen molar-refractivity contribution in [1.29, 1.82) is 0 Å². The molecule has 22 heavy (non-hydrogen) atoms. The number of carbonyl (C=O) groups is 2. The van der Waals surface area contributed by atoms with Crippen molar-refractivity contribution >= 4 is 33.5 Å². The van der Waals surface area contributed by atoms with Crippen molar-refractivity contribution in [3.8, 4) is 0 Å². The molecule has 0 heterocycles. The molecule has 0 bridgehead atoms. The van der Waals surface area contributed by atoms with E-state index in [2.05, 4.69) is 21.2 Å². The zero-order valence-corrected chi connectivity index (χ0v) is 14.3. The van der Waals surface area contributed by atoms with Crippen LogP contribution in [0.25, 0.3) is 0 Å². The summed E-state index contributed by atoms with van der Waals surface area (Å²) in [6.07, 6.45) is 4.81. The largest absolute Gasteiger partial charge is 0.463 e. The first kappa shape index (κ1) is 16.7. The molecule has 1 N–H and O–H groups in total. The Kier molecular flexibility index (Phi) is 5.77. The third-order valence-corrected chi connectivity index (χ3v) is 4.01. The molecular formula is C17H20BrNO3. The third-order valence-electron chi connectivity index (χ3n) is 3.52. The first-order valence-electron chi connectivity index (χ1n) is 7.39. The van der Waals surface area contributed by atoms with Gasteiger partial charge < -0.3 is 10.1 Å². The molecule has 0 spiro atoms. The zero-order chi connectivity index (χ0) is 16.1. The summed E-state index contributed by atoms with van der Waals surface area (Å²) in [6, 6.07) is 7.40. The molecule has 0 aliphatic heterocycles. The number of allylic oxidation sites excluding steroid dienone is 2. The summed E-state index contributed by atoms with van der Waals surface area (Å²) in [6.45, 7) is 3.63. The molecule has 1 aliphatic carbocycles. The van der Waals surface area contributed by atoms with E-state index < -0.39 is 11.8 Å². The van der Waals surface area contributed by atoms with E-state index >= 15 is 0 Å². The van der Waals surface area contributed by atoms with Gasteiger partial charge >= 0.3 is 5.97 Å². The van der Waals surface area contributed by atoms with Gasteiger partial charge in [0.05, 0.1) is 17.9 Å². The number of esters is 1. The van der Waals surface area contributed by atoms with Crippen molar-refractivity contribution in [3.63, 3.8) is 0 Å². The summed E-state index contributed by atoms with van der Waals surface area (Å²) in [5.74, 6) is -1.25. The van der Waals surface area contributed by atoms with Gasteiger partial charge in [-0.15, -0.1) is 0 Å². The zero-order valence-electron chi connectivity index (χ0n) is 12.7. The van der Waals surface area contributed by atoms with E-state index in [1.54, 1.807) is 0 Å². The molecule has 0 aromatic heterocycles. The van der Waals surface area contributed by atoms with Crippen LogP contribution in [-0.4, -0.2) is 18.0 Å². The number of halogens is 1. The average molecular weight is 366 g/mol. The maximum atomic E-state index is 12.5. The van der Waals surface area contributed by atoms with Crippen LogP contribution in [0.1, 0.15) is 26.7 Å². The lowest BCUT2D eigenvalue weighted by molar-refractivity contribution is -0.156. The summed E-state index contributed by atoms with van der Waals surface area (Å²) in [5, 5.41) is 2.88. The molecule has 2 atom stereocenters. The van der Waals surface area contributed by atoms with Crippen molar-refractivity contribution < 1.29 is 14.3 Å². The maximum absolute atomic E-state index is 12.5. The van der Waals surface area contributed by atoms with E-state index in [-0.39, 0.29) is 18.0 Å². The predicted octanol–water partition coefficient (Wildman–Crippen LogP) is 3.92. The summed E-state index contributed by atoms with van der Waals surface area (Å²) in [5.41, 5.74) is 0.713. The lowest BCUT2D eigenvalue weighted by Crippen LogP contribution is -2.36. The molecule has 2 rings (SSSR count). The summed E-state index contributed by atoms with van der Waals surface area (Å²) in [7, 11) is 0. The van der Waals surface area contributed by atoms with Gasteiger partial charge in [0.1, 0.15) is 0 Å². The van der Waals surface area contributed by atoms with Crippen LogP contribution in [0.2, 0.25) is 0 Å². The monoisotopic (exact) mass is 365 g/mol. The van der Waals surface area contributed by atoms with Crippen LogP contribution in [-0.2, 0) is 14.3 Å². The number of nitrogens with one attached hydrogen (secondary N) is 1. The summed E-state index contributed by atoms with van der Waals surface area (Å²) < 4.78 is 6.17. The van der Waals surface area contributed by atoms with E-state index in [4.69, 9.17) is 4.74 Å². The summed E-state index contributed by atoms with van der Waals surface area (Å²) >= 11 is 3.37. The molecule has 5 heteroatoms. The molecule has 1 aromatic carbocycles. The SMILES string of the molecule is CC(C)OC(=O)[C@@H]1CC=CC[C@H]1C(=O)Nc1cccc(Br)c1. The molecule has 1 aliphatic rings. The van der Waals surface area contributed by atoms with Crippen LogP contribution in [0.4, 0.5) is 5.69 Å². The normalized spacial score (nSPS) is 20.7. The van der Waals surface area contributed by atoms with E-state index in [0.29, 0.717) is 18.5 Å². The van der Waals surface area contributed by atoms with Gasteiger partial charge in [-0.05, 0) is 44.9 Å². The van der Waals surface area contributed by atoms with E-state index in [0.717, 1.165) is 4.47 Å². The topological polar surface area (TPSA) is 55.4 Å². The molecule has 0 radical (unpaired) electrons. The Bertz CT molecular complexity index is 583. The Morgan fingerprint density at radius 3 is 2.55 bits per heavy atom. The number of ether oxygens (including phenoxy) is 1. The van der Waals surface area contributed by atoms with Crippen molar-refractivity contribution in [2.24, 2.45) is 11.8 Å². The highest BCUT2D eigenvalue weighted by molar-refractivity contribution is 9.10. The minimum absolute atomic E-state index is 0.145. The molecular weight excluding hydrogens is 346 g/mol. The molecule has 1 amide bonds. The number of anilines is 1. The Labute approximate surface area is 139 Å². The molecule has 0 saturated heterocycles. The Morgan fingerprint density at radius 1 is 1.23 bits per heavy atom. The first-order valence-corrected chi connectivity index (χ1v) is 8.18. The lowest BCUT2D eigenvalue weighted by atomic mass is 9.82. The first-order chi connectivity index (χ1) is 10.5. The van der Waals surface area contributed by atoms with Crippen molar-refractivity contribution in [1.82, 2.24) is 0 Å². The number of hydrogen-bond donors (Lipinski definition) is 1. The number of amides is 1. The van der Waals surface area contributed by atoms with Crippen LogP contribution in [0.3, 0.4) is 0 Å². The molecule has 1 aromatic rings. The summed E-state index contributed by atoms with van der Waals surface area (Å²) in [4.78, 5) is 24.7. The Hall–Kier alpha value is -1.62. The average Bonchev–Trinajstić information content (AvgIpc) is 2.46. The highest BCUT2D eigenvalue weighted by Gasteiger charge is 2.35. The van der Waals surface area contributed by atoms with Gasteiger partial charge in [-0.3, -0.25) is 9.59 Å². The van der Waals surface area contributed by atoms with Gasteiger partial charge in [-0.2, -0.15) is 0 Å². The fraction of sp³-hybridized carbons (Fsp3) is 0.412. The third kappa shape index (κ3) is 4.44. The van der Waals surface area contributed by atoms with E-state index in [1.807, 2.05) is 50.3 Å². The quantitative estimate of drug-likeness (QED) is 0.649. The minimum Gasteiger partial charge on any atom is -0.463 e. The highest BCUT2D eigenvalue weighted by Crippen LogP contribution is 2.29. The fourth-order valence-corrected chi connectivity index (χ4v) is 2.88. The molecule has 0 unspecified atom stereocenters. The van der Waals surface area contributed by atoms with E-state index in [1.165, 1.54) is 0 Å². The fourth-order valence-electron chi connectivity index (χ4n) is 2.49. The standard InChI is InChI=1S/C17H20BrNO3/c1-11(2)22-17(21)15-9-4-3-8-14(15)16(20)19-13-7-5-6-12(18)10-13/h3-7,10-11,14-15H,8-9H2,1-2H3,(H,19,20)/t14-,15-/m1/s1. The van der Waals surface area contributed by atoms with Crippen molar-refractivity contribution in [2.45, 2.75) is 32.8 Å². The van der Waals surface area contributed by atoms with Gasteiger partial charge in [-0.1, -0.05) is 34.1 Å². The van der Waals surface area contributed by atoms with Crippen molar-refractivity contribution in [2.75, 3.05) is 5.32 Å². The minimum atomic E-state index is -0.417. The van der Waals surface area contributed by atoms with Crippen LogP contribution < -0.4 is 5.32 Å². The smallest absolute Gasteiger partial charge is 0.310 e. The molecule has 0 fully saturated rings. The van der Waals surface area contributed by atoms with Crippen LogP contribution in [0.15, 0.2) is 40.9 Å². The number of hydrogen-bond acceptors (Lipinski definition) is 3. The highest BCUT2D eigenvalue weighted by atomic mass is 79.9. The van der Waals surface area contributed by atoms with Gasteiger partial charge in [0, 0.05) is 10.2 Å². The van der Waals surface area contributed by atoms with Gasteiger partial charge in [0.25, 0.3) is 0 Å². The Balaban J connectivity index is 2.08. The predicted molar refractivity (Wildman–Crippen MR) is 89.4 cm³/mol. The van der Waals surface area contributed by atoms with Crippen LogP contribution >= 0.6 is 15.9 Å². The van der Waals surface area contributed by atoms with Crippen molar-refractivity contribution in [3.05, 3.63) is 40.9 Å². The second-order valence-corrected chi connectivity index (χ2v) is 6.56. The van der Waals surface area contributed by atoms with Crippen LogP contribution in [0.5, 0.6) is 0 Å². The Morgan fingerprint density at radius 2 is 1.91 bits per heavy atom. The second-order valence-electron chi connectivity index (χ2n) is 5.64. The number of benzene rings is 1. The van der Waals surface area contributed by atoms with Gasteiger partial charge in [-0.25, -0.2) is 0 Å².